The summed E-state index contributed by atoms with van der Waals surface area (Å²) in [6.07, 6.45) is -0.0272. The molecule has 0 aliphatic carbocycles. The number of hydrogen-bond acceptors (Lipinski definition) is 7. The molecule has 0 bridgehead atoms. The molecule has 1 aliphatic rings. The number of alkyl halides is 3. The maximum absolute atomic E-state index is 12.7. The van der Waals surface area contributed by atoms with Crippen LogP contribution in [-0.2, 0) is 4.74 Å². The molecule has 0 saturated heterocycles. The van der Waals surface area contributed by atoms with Gasteiger partial charge in [0.2, 0.25) is 5.88 Å². The number of nitrogens with two attached hydrogens (primary N) is 1. The maximum atomic E-state index is 12.7. The monoisotopic (exact) mass is 429 g/mol. The minimum Gasteiger partial charge on any atom is -0.474 e. The molecule has 12 heteroatoms. The molecule has 0 saturated carbocycles. The second-order valence-electron chi connectivity index (χ2n) is 5.78. The van der Waals surface area contributed by atoms with E-state index in [1.165, 1.54) is 36.7 Å². The Balaban J connectivity index is 0.000000269. The van der Waals surface area contributed by atoms with Crippen molar-refractivity contribution in [2.75, 3.05) is 31.8 Å². The Labute approximate surface area is 169 Å². The predicted octanol–water partition coefficient (Wildman–Crippen LogP) is 2.22. The molecule has 3 N–H and O–H groups in total. The first kappa shape index (κ1) is 23.0. The highest BCUT2D eigenvalue weighted by molar-refractivity contribution is 6.02. The fourth-order valence-corrected chi connectivity index (χ4v) is 2.08. The number of anilines is 1. The van der Waals surface area contributed by atoms with Gasteiger partial charge in [0.05, 0.1) is 19.0 Å². The molecule has 1 aliphatic heterocycles. The zero-order chi connectivity index (χ0) is 21.9. The van der Waals surface area contributed by atoms with E-state index in [0.717, 1.165) is 0 Å². The van der Waals surface area contributed by atoms with Gasteiger partial charge in [-0.2, -0.15) is 0 Å². The number of amidine groups is 1. The van der Waals surface area contributed by atoms with Gasteiger partial charge in [0.25, 0.3) is 12.3 Å². The molecule has 1 atom stereocenters. The van der Waals surface area contributed by atoms with Gasteiger partial charge in [-0.3, -0.25) is 9.79 Å². The van der Waals surface area contributed by atoms with E-state index in [1.807, 2.05) is 0 Å². The lowest BCUT2D eigenvalue weighted by Crippen LogP contribution is -2.34. The highest BCUT2D eigenvalue weighted by Gasteiger charge is 2.22. The summed E-state index contributed by atoms with van der Waals surface area (Å²) in [5.41, 5.74) is 5.67. The smallest absolute Gasteiger partial charge is 0.275 e. The van der Waals surface area contributed by atoms with Gasteiger partial charge in [0.15, 0.2) is 0 Å². The summed E-state index contributed by atoms with van der Waals surface area (Å²) in [4.78, 5) is 23.0. The van der Waals surface area contributed by atoms with Gasteiger partial charge < -0.3 is 20.5 Å². The minimum absolute atomic E-state index is 0.0294. The van der Waals surface area contributed by atoms with Crippen LogP contribution in [0.2, 0.25) is 0 Å². The van der Waals surface area contributed by atoms with E-state index >= 15 is 0 Å². The maximum Gasteiger partial charge on any atom is 0.275 e. The number of halogens is 4. The molecule has 1 unspecified atom stereocenters. The Kier molecular flexibility index (Phi) is 8.94. The van der Waals surface area contributed by atoms with Gasteiger partial charge in [0, 0.05) is 5.69 Å². The molecule has 0 fully saturated rings. The Bertz CT molecular complexity index is 835. The van der Waals surface area contributed by atoms with Gasteiger partial charge in [-0.1, -0.05) is 0 Å². The first-order valence-corrected chi connectivity index (χ1v) is 8.64. The Hall–Kier alpha value is -3.28. The second-order valence-corrected chi connectivity index (χ2v) is 5.78. The molecule has 2 aromatic rings. The van der Waals surface area contributed by atoms with Gasteiger partial charge in [-0.15, -0.1) is 0 Å². The zero-order valence-electron chi connectivity index (χ0n) is 15.6. The van der Waals surface area contributed by atoms with Crippen LogP contribution in [0.4, 0.5) is 23.2 Å². The van der Waals surface area contributed by atoms with Crippen molar-refractivity contribution in [3.63, 3.8) is 0 Å². The number of aliphatic imine (C=N–C) groups is 1. The number of nitrogens with one attached hydrogen (secondary N) is 1. The number of benzene rings is 1. The summed E-state index contributed by atoms with van der Waals surface area (Å²) in [5.74, 6) is -0.587. The summed E-state index contributed by atoms with van der Waals surface area (Å²) in [6, 6.07) is 4.26. The summed E-state index contributed by atoms with van der Waals surface area (Å²) in [5, 5.41) is 2.54. The SMILES string of the molecule is NC1=NC(C(F)F)COC1.O=C(Nc1ccc(F)cc1)c1cnc(OCCF)cn1. The number of nitrogens with zero attached hydrogens (tertiary/aromatic N) is 3. The minimum atomic E-state index is -2.47. The molecule has 2 heterocycles. The average molecular weight is 429 g/mol. The van der Waals surface area contributed by atoms with E-state index in [1.54, 1.807) is 0 Å². The van der Waals surface area contributed by atoms with Gasteiger partial charge in [-0.05, 0) is 24.3 Å². The van der Waals surface area contributed by atoms with Gasteiger partial charge in [-0.25, -0.2) is 27.5 Å². The van der Waals surface area contributed by atoms with E-state index in [4.69, 9.17) is 15.2 Å². The largest absolute Gasteiger partial charge is 0.474 e. The fourth-order valence-electron chi connectivity index (χ4n) is 2.08. The van der Waals surface area contributed by atoms with Gasteiger partial charge >= 0.3 is 0 Å². The van der Waals surface area contributed by atoms with E-state index in [0.29, 0.717) is 5.69 Å². The lowest BCUT2D eigenvalue weighted by molar-refractivity contribution is 0.0505. The Morgan fingerprint density at radius 3 is 2.53 bits per heavy atom. The molecule has 3 rings (SSSR count). The lowest BCUT2D eigenvalue weighted by Gasteiger charge is -2.17. The van der Waals surface area contributed by atoms with Crippen LogP contribution in [0.25, 0.3) is 0 Å². The number of aromatic nitrogens is 2. The van der Waals surface area contributed by atoms with E-state index < -0.39 is 30.9 Å². The third-order valence-electron chi connectivity index (χ3n) is 3.45. The molecule has 0 spiro atoms. The molecular formula is C18H19F4N5O3. The highest BCUT2D eigenvalue weighted by atomic mass is 19.3. The average Bonchev–Trinajstić information content (AvgIpc) is 2.74. The number of rotatable bonds is 6. The summed E-state index contributed by atoms with van der Waals surface area (Å²) in [7, 11) is 0. The van der Waals surface area contributed by atoms with Crippen molar-refractivity contribution in [3.8, 4) is 5.88 Å². The summed E-state index contributed by atoms with van der Waals surface area (Å²) < 4.78 is 57.9. The van der Waals surface area contributed by atoms with Crippen LogP contribution >= 0.6 is 0 Å². The molecule has 30 heavy (non-hydrogen) atoms. The van der Waals surface area contributed by atoms with Crippen molar-refractivity contribution < 1.29 is 31.8 Å². The van der Waals surface area contributed by atoms with Crippen LogP contribution < -0.4 is 15.8 Å². The first-order chi connectivity index (χ1) is 14.4. The lowest BCUT2D eigenvalue weighted by atomic mass is 10.3. The number of ether oxygens (including phenoxy) is 2. The Morgan fingerprint density at radius 2 is 2.00 bits per heavy atom. The predicted molar refractivity (Wildman–Crippen MR) is 100 cm³/mol. The molecule has 0 radical (unpaired) electrons. The van der Waals surface area contributed by atoms with Crippen LogP contribution in [0.5, 0.6) is 5.88 Å². The number of carbonyl (C=O) groups is 1. The normalized spacial score (nSPS) is 15.6. The topological polar surface area (TPSA) is 112 Å². The van der Waals surface area contributed by atoms with Crippen molar-refractivity contribution in [1.29, 1.82) is 0 Å². The van der Waals surface area contributed by atoms with Crippen LogP contribution in [0, 0.1) is 5.82 Å². The number of amides is 1. The quantitative estimate of drug-likeness (QED) is 0.682. The van der Waals surface area contributed by atoms with Crippen LogP contribution in [0.3, 0.4) is 0 Å². The zero-order valence-corrected chi connectivity index (χ0v) is 15.6. The van der Waals surface area contributed by atoms with E-state index in [-0.39, 0.29) is 37.2 Å². The highest BCUT2D eigenvalue weighted by Crippen LogP contribution is 2.11. The third-order valence-corrected chi connectivity index (χ3v) is 3.45. The standard InChI is InChI=1S/C13H11F2N3O2.C5H8F2N2O/c14-5-6-20-12-8-16-11(7-17-12)13(19)18-10-3-1-9(15)2-4-10;6-5(7)3-1-10-2-4(8)9-3/h1-4,7-8H,5-6H2,(H,18,19);3,5H,1-2H2,(H2,8,9). The van der Waals surface area contributed by atoms with Gasteiger partial charge in [0.1, 0.15) is 43.3 Å². The summed E-state index contributed by atoms with van der Waals surface area (Å²) >= 11 is 0. The molecular weight excluding hydrogens is 410 g/mol. The number of hydrogen-bond donors (Lipinski definition) is 2. The van der Waals surface area contributed by atoms with Crippen LogP contribution in [0.1, 0.15) is 10.5 Å². The molecule has 1 aromatic heterocycles. The molecule has 8 nitrogen and oxygen atoms in total. The van der Waals surface area contributed by atoms with Crippen molar-refractivity contribution in [3.05, 3.63) is 48.2 Å². The number of carbonyl (C=O) groups excluding carboxylic acids is 1. The molecule has 1 aromatic carbocycles. The third kappa shape index (κ3) is 7.62. The van der Waals surface area contributed by atoms with Crippen LogP contribution in [0.15, 0.2) is 41.7 Å². The van der Waals surface area contributed by atoms with Crippen molar-refractivity contribution >= 4 is 17.4 Å². The van der Waals surface area contributed by atoms with E-state index in [9.17, 15) is 22.4 Å². The van der Waals surface area contributed by atoms with Crippen LogP contribution in [-0.4, -0.2) is 60.7 Å². The first-order valence-electron chi connectivity index (χ1n) is 8.64. The van der Waals surface area contributed by atoms with E-state index in [2.05, 4.69) is 20.3 Å². The fraction of sp³-hybridized carbons (Fsp3) is 0.333. The Morgan fingerprint density at radius 1 is 1.27 bits per heavy atom. The van der Waals surface area contributed by atoms with Crippen molar-refractivity contribution in [2.45, 2.75) is 12.5 Å². The molecule has 1 amide bonds. The van der Waals surface area contributed by atoms with Crippen molar-refractivity contribution in [2.24, 2.45) is 10.7 Å². The van der Waals surface area contributed by atoms with Crippen molar-refractivity contribution in [1.82, 2.24) is 9.97 Å². The summed E-state index contributed by atoms with van der Waals surface area (Å²) in [6.45, 7) is -0.605. The molecule has 162 valence electrons. The second kappa shape index (κ2) is 11.7.